The van der Waals surface area contributed by atoms with Crippen LogP contribution in [0.4, 0.5) is 17.5 Å². The average Bonchev–Trinajstić information content (AvgIpc) is 2.60. The van der Waals surface area contributed by atoms with Crippen LogP contribution in [0.25, 0.3) is 0 Å². The van der Waals surface area contributed by atoms with Crippen LogP contribution in [0.5, 0.6) is 0 Å². The van der Waals surface area contributed by atoms with Gasteiger partial charge in [0, 0.05) is 19.3 Å². The number of hydrogen-bond donors (Lipinski definition) is 3. The van der Waals surface area contributed by atoms with Crippen molar-refractivity contribution >= 4 is 27.5 Å². The predicted octanol–water partition coefficient (Wildman–Crippen LogP) is 2.06. The quantitative estimate of drug-likeness (QED) is 0.554. The zero-order chi connectivity index (χ0) is 18.1. The summed E-state index contributed by atoms with van der Waals surface area (Å²) < 4.78 is 25.9. The van der Waals surface area contributed by atoms with Gasteiger partial charge in [-0.05, 0) is 37.1 Å². The van der Waals surface area contributed by atoms with E-state index in [1.165, 1.54) is 0 Å². The molecule has 0 unspecified atom stereocenters. The molecule has 2 rings (SSSR count). The maximum atomic E-state index is 11.7. The van der Waals surface area contributed by atoms with Crippen molar-refractivity contribution in [1.82, 2.24) is 19.9 Å². The third kappa shape index (κ3) is 7.02. The van der Waals surface area contributed by atoms with Gasteiger partial charge in [-0.25, -0.2) is 18.1 Å². The summed E-state index contributed by atoms with van der Waals surface area (Å²) in [6, 6.07) is 7.38. The van der Waals surface area contributed by atoms with Crippen LogP contribution in [0.3, 0.4) is 0 Å². The molecule has 136 valence electrons. The molecule has 25 heavy (non-hydrogen) atoms. The molecule has 0 aliphatic rings. The van der Waals surface area contributed by atoms with Gasteiger partial charge in [0.05, 0.1) is 5.75 Å². The number of nitrogens with one attached hydrogen (secondary N) is 3. The fourth-order valence-corrected chi connectivity index (χ4v) is 3.20. The van der Waals surface area contributed by atoms with Gasteiger partial charge in [-0.1, -0.05) is 19.4 Å². The molecule has 0 aliphatic carbocycles. The van der Waals surface area contributed by atoms with E-state index in [1.54, 1.807) is 18.3 Å². The second kappa shape index (κ2) is 9.28. The Kier molecular flexibility index (Phi) is 7.08. The maximum absolute atomic E-state index is 11.7. The Morgan fingerprint density at radius 3 is 2.36 bits per heavy atom. The molecular weight excluding hydrogens is 340 g/mol. The minimum Gasteiger partial charge on any atom is -0.367 e. The lowest BCUT2D eigenvalue weighted by Crippen LogP contribution is -2.31. The first-order valence-corrected chi connectivity index (χ1v) is 9.88. The topological polar surface area (TPSA) is 109 Å². The number of pyridine rings is 1. The Balaban J connectivity index is 1.76. The van der Waals surface area contributed by atoms with E-state index in [-0.39, 0.29) is 5.75 Å². The SMILES string of the molecule is CCCCS(=O)(=O)NCCNc1ccc(Nc2ccc(C)cn2)nn1. The van der Waals surface area contributed by atoms with Gasteiger partial charge in [0.25, 0.3) is 0 Å². The Morgan fingerprint density at radius 2 is 1.72 bits per heavy atom. The molecule has 0 radical (unpaired) electrons. The third-order valence-electron chi connectivity index (χ3n) is 3.35. The highest BCUT2D eigenvalue weighted by Crippen LogP contribution is 2.12. The van der Waals surface area contributed by atoms with Crippen molar-refractivity contribution in [3.8, 4) is 0 Å². The molecule has 0 saturated heterocycles. The monoisotopic (exact) mass is 364 g/mol. The van der Waals surface area contributed by atoms with E-state index in [0.717, 1.165) is 12.0 Å². The van der Waals surface area contributed by atoms with Gasteiger partial charge >= 0.3 is 0 Å². The Labute approximate surface area is 148 Å². The van der Waals surface area contributed by atoms with Crippen LogP contribution in [-0.2, 0) is 10.0 Å². The Hall–Kier alpha value is -2.26. The fourth-order valence-electron chi connectivity index (χ4n) is 1.97. The van der Waals surface area contributed by atoms with E-state index in [0.29, 0.717) is 37.0 Å². The summed E-state index contributed by atoms with van der Waals surface area (Å²) in [5.74, 6) is 2.02. The maximum Gasteiger partial charge on any atom is 0.211 e. The van der Waals surface area contributed by atoms with Gasteiger partial charge in [0.1, 0.15) is 11.6 Å². The molecular formula is C16H24N6O2S. The van der Waals surface area contributed by atoms with Crippen molar-refractivity contribution in [2.45, 2.75) is 26.7 Å². The summed E-state index contributed by atoms with van der Waals surface area (Å²) in [4.78, 5) is 4.24. The highest BCUT2D eigenvalue weighted by molar-refractivity contribution is 7.89. The number of anilines is 3. The number of aryl methyl sites for hydroxylation is 1. The minimum atomic E-state index is -3.19. The van der Waals surface area contributed by atoms with E-state index in [9.17, 15) is 8.42 Å². The minimum absolute atomic E-state index is 0.163. The standard InChI is InChI=1S/C16H24N6O2S/c1-3-4-11-25(23,24)19-10-9-17-15-7-8-16(22-21-15)20-14-6-5-13(2)12-18-14/h5-8,12,19H,3-4,9-11H2,1-2H3,(H,17,21)(H,18,20,22). The number of nitrogens with zero attached hydrogens (tertiary/aromatic N) is 3. The van der Waals surface area contributed by atoms with Gasteiger partial charge < -0.3 is 10.6 Å². The van der Waals surface area contributed by atoms with Gasteiger partial charge in [-0.15, -0.1) is 10.2 Å². The van der Waals surface area contributed by atoms with Crippen molar-refractivity contribution < 1.29 is 8.42 Å². The number of aromatic nitrogens is 3. The van der Waals surface area contributed by atoms with Crippen LogP contribution >= 0.6 is 0 Å². The average molecular weight is 364 g/mol. The molecule has 0 fully saturated rings. The summed E-state index contributed by atoms with van der Waals surface area (Å²) in [6.07, 6.45) is 3.29. The fraction of sp³-hybridized carbons (Fsp3) is 0.438. The van der Waals surface area contributed by atoms with Crippen molar-refractivity contribution in [3.05, 3.63) is 36.0 Å². The lowest BCUT2D eigenvalue weighted by molar-refractivity contribution is 0.579. The van der Waals surface area contributed by atoms with E-state index >= 15 is 0 Å². The molecule has 2 aromatic rings. The molecule has 0 atom stereocenters. The zero-order valence-electron chi connectivity index (χ0n) is 14.5. The highest BCUT2D eigenvalue weighted by atomic mass is 32.2. The van der Waals surface area contributed by atoms with Crippen LogP contribution < -0.4 is 15.4 Å². The molecule has 2 heterocycles. The summed E-state index contributed by atoms with van der Waals surface area (Å²) in [7, 11) is -3.19. The van der Waals surface area contributed by atoms with Crippen LogP contribution in [0.2, 0.25) is 0 Å². The molecule has 0 spiro atoms. The predicted molar refractivity (Wildman–Crippen MR) is 99.5 cm³/mol. The normalized spacial score (nSPS) is 11.3. The number of rotatable bonds is 10. The number of unbranched alkanes of at least 4 members (excludes halogenated alkanes) is 1. The van der Waals surface area contributed by atoms with Crippen molar-refractivity contribution in [3.63, 3.8) is 0 Å². The second-order valence-electron chi connectivity index (χ2n) is 5.64. The lowest BCUT2D eigenvalue weighted by Gasteiger charge is -2.08. The van der Waals surface area contributed by atoms with Crippen LogP contribution in [-0.4, -0.2) is 42.4 Å². The van der Waals surface area contributed by atoms with E-state index in [4.69, 9.17) is 0 Å². The Bertz CT molecular complexity index is 747. The molecule has 3 N–H and O–H groups in total. The lowest BCUT2D eigenvalue weighted by atomic mass is 10.3. The van der Waals surface area contributed by atoms with Crippen LogP contribution in [0.1, 0.15) is 25.3 Å². The largest absolute Gasteiger partial charge is 0.367 e. The molecule has 0 bridgehead atoms. The first-order valence-electron chi connectivity index (χ1n) is 8.23. The van der Waals surface area contributed by atoms with Crippen molar-refractivity contribution in [2.24, 2.45) is 0 Å². The molecule has 0 saturated carbocycles. The molecule has 0 aliphatic heterocycles. The first kappa shape index (κ1) is 19.1. The molecule has 9 heteroatoms. The van der Waals surface area contributed by atoms with Crippen molar-refractivity contribution in [1.29, 1.82) is 0 Å². The third-order valence-corrected chi connectivity index (χ3v) is 4.82. The summed E-state index contributed by atoms with van der Waals surface area (Å²) in [5, 5.41) is 14.2. The zero-order valence-corrected chi connectivity index (χ0v) is 15.3. The second-order valence-corrected chi connectivity index (χ2v) is 7.57. The summed E-state index contributed by atoms with van der Waals surface area (Å²) in [5.41, 5.74) is 1.08. The summed E-state index contributed by atoms with van der Waals surface area (Å²) in [6.45, 7) is 4.68. The molecule has 0 amide bonds. The molecule has 0 aromatic carbocycles. The number of hydrogen-bond acceptors (Lipinski definition) is 7. The van der Waals surface area contributed by atoms with E-state index < -0.39 is 10.0 Å². The van der Waals surface area contributed by atoms with Crippen molar-refractivity contribution in [2.75, 3.05) is 29.5 Å². The first-order chi connectivity index (χ1) is 12.0. The van der Waals surface area contributed by atoms with Gasteiger partial charge in [0.2, 0.25) is 10.0 Å². The van der Waals surface area contributed by atoms with Crippen LogP contribution in [0.15, 0.2) is 30.5 Å². The van der Waals surface area contributed by atoms with E-state index in [2.05, 4.69) is 30.5 Å². The van der Waals surface area contributed by atoms with Gasteiger partial charge in [-0.2, -0.15) is 0 Å². The van der Waals surface area contributed by atoms with Gasteiger partial charge in [-0.3, -0.25) is 0 Å². The van der Waals surface area contributed by atoms with E-state index in [1.807, 2.05) is 26.0 Å². The van der Waals surface area contributed by atoms with Gasteiger partial charge in [0.15, 0.2) is 5.82 Å². The smallest absolute Gasteiger partial charge is 0.211 e. The molecule has 2 aromatic heterocycles. The Morgan fingerprint density at radius 1 is 1.00 bits per heavy atom. The number of sulfonamides is 1. The molecule has 8 nitrogen and oxygen atoms in total. The van der Waals surface area contributed by atoms with Crippen LogP contribution in [0, 0.1) is 6.92 Å². The highest BCUT2D eigenvalue weighted by Gasteiger charge is 2.08. The summed E-state index contributed by atoms with van der Waals surface area (Å²) >= 11 is 0.